The summed E-state index contributed by atoms with van der Waals surface area (Å²) in [7, 11) is 0. The van der Waals surface area contributed by atoms with E-state index in [1.54, 1.807) is 11.8 Å². The molecule has 98 valence electrons. The average Bonchev–Trinajstić information content (AvgIpc) is 2.47. The van der Waals surface area contributed by atoms with Crippen molar-refractivity contribution in [1.29, 1.82) is 0 Å². The molecule has 1 N–H and O–H groups in total. The molecule has 0 atom stereocenters. The van der Waals surface area contributed by atoms with E-state index in [4.69, 9.17) is 4.98 Å². The van der Waals surface area contributed by atoms with Crippen LogP contribution in [0.15, 0.2) is 5.16 Å². The molecule has 1 saturated heterocycles. The molecular formula is C12H18N4S2. The lowest BCUT2D eigenvalue weighted by molar-refractivity contribution is 0.611. The third kappa shape index (κ3) is 2.46. The van der Waals surface area contributed by atoms with E-state index in [0.29, 0.717) is 0 Å². The summed E-state index contributed by atoms with van der Waals surface area (Å²) in [6.07, 6.45) is 3.08. The molecule has 3 heterocycles. The standard InChI is InChI=1S/C12H18N4S2/c1-17-12-14-10-2-3-13-8-9(10)11(15-12)16-4-6-18-7-5-16/h13H,2-8H2,1H3. The van der Waals surface area contributed by atoms with Crippen molar-refractivity contribution in [2.24, 2.45) is 0 Å². The molecule has 0 amide bonds. The van der Waals surface area contributed by atoms with Crippen LogP contribution in [0.2, 0.25) is 0 Å². The molecule has 0 aromatic carbocycles. The maximum Gasteiger partial charge on any atom is 0.189 e. The molecule has 1 fully saturated rings. The topological polar surface area (TPSA) is 41.1 Å². The number of thioether (sulfide) groups is 2. The van der Waals surface area contributed by atoms with Gasteiger partial charge in [0.2, 0.25) is 0 Å². The summed E-state index contributed by atoms with van der Waals surface area (Å²) in [4.78, 5) is 11.9. The second-order valence-corrected chi connectivity index (χ2v) is 6.48. The van der Waals surface area contributed by atoms with Crippen molar-refractivity contribution in [2.45, 2.75) is 18.1 Å². The fraction of sp³-hybridized carbons (Fsp3) is 0.667. The van der Waals surface area contributed by atoms with Crippen molar-refractivity contribution < 1.29 is 0 Å². The normalized spacial score (nSPS) is 19.7. The second-order valence-electron chi connectivity index (χ2n) is 4.49. The zero-order valence-corrected chi connectivity index (χ0v) is 12.2. The van der Waals surface area contributed by atoms with Crippen LogP contribution in [0.1, 0.15) is 11.3 Å². The molecule has 3 rings (SSSR count). The van der Waals surface area contributed by atoms with Gasteiger partial charge in [0.15, 0.2) is 5.16 Å². The van der Waals surface area contributed by atoms with Crippen molar-refractivity contribution in [3.63, 3.8) is 0 Å². The van der Waals surface area contributed by atoms with E-state index in [1.165, 1.54) is 28.6 Å². The first-order chi connectivity index (χ1) is 8.88. The smallest absolute Gasteiger partial charge is 0.189 e. The van der Waals surface area contributed by atoms with Crippen LogP contribution in [0.5, 0.6) is 0 Å². The van der Waals surface area contributed by atoms with Crippen LogP contribution in [0, 0.1) is 0 Å². The lowest BCUT2D eigenvalue weighted by atomic mass is 10.1. The first-order valence-corrected chi connectivity index (χ1v) is 8.73. The number of fused-ring (bicyclic) bond motifs is 1. The molecule has 0 aliphatic carbocycles. The minimum absolute atomic E-state index is 0.920. The Morgan fingerprint density at radius 1 is 1.28 bits per heavy atom. The van der Waals surface area contributed by atoms with E-state index in [1.807, 2.05) is 11.8 Å². The van der Waals surface area contributed by atoms with Crippen molar-refractivity contribution in [3.8, 4) is 0 Å². The third-order valence-corrected chi connectivity index (χ3v) is 4.87. The van der Waals surface area contributed by atoms with E-state index in [-0.39, 0.29) is 0 Å². The lowest BCUT2D eigenvalue weighted by Crippen LogP contribution is -2.36. The molecule has 1 aromatic rings. The monoisotopic (exact) mass is 282 g/mol. The first kappa shape index (κ1) is 12.6. The molecule has 2 aliphatic heterocycles. The SMILES string of the molecule is CSc1nc2c(c(N3CCSCC3)n1)CNCC2. The third-order valence-electron chi connectivity index (χ3n) is 3.38. The van der Waals surface area contributed by atoms with E-state index in [2.05, 4.69) is 21.5 Å². The number of nitrogens with zero attached hydrogens (tertiary/aromatic N) is 3. The Kier molecular flexibility index (Phi) is 3.96. The van der Waals surface area contributed by atoms with Crippen LogP contribution in [-0.2, 0) is 13.0 Å². The van der Waals surface area contributed by atoms with Gasteiger partial charge in [-0.15, -0.1) is 0 Å². The molecule has 1 aromatic heterocycles. The van der Waals surface area contributed by atoms with Gasteiger partial charge in [-0.25, -0.2) is 9.97 Å². The van der Waals surface area contributed by atoms with Crippen LogP contribution in [-0.4, -0.2) is 47.4 Å². The van der Waals surface area contributed by atoms with E-state index < -0.39 is 0 Å². The fourth-order valence-electron chi connectivity index (χ4n) is 2.43. The highest BCUT2D eigenvalue weighted by molar-refractivity contribution is 7.99. The molecule has 6 heteroatoms. The van der Waals surface area contributed by atoms with Crippen LogP contribution in [0.3, 0.4) is 0 Å². The highest BCUT2D eigenvalue weighted by Gasteiger charge is 2.22. The predicted molar refractivity (Wildman–Crippen MR) is 78.8 cm³/mol. The van der Waals surface area contributed by atoms with Gasteiger partial charge in [0.05, 0.1) is 5.69 Å². The Morgan fingerprint density at radius 2 is 2.11 bits per heavy atom. The fourth-order valence-corrected chi connectivity index (χ4v) is 3.71. The van der Waals surface area contributed by atoms with Gasteiger partial charge in [-0.2, -0.15) is 11.8 Å². The summed E-state index contributed by atoms with van der Waals surface area (Å²) in [6, 6.07) is 0. The molecule has 0 spiro atoms. The van der Waals surface area contributed by atoms with E-state index in [9.17, 15) is 0 Å². The van der Waals surface area contributed by atoms with Gasteiger partial charge in [0, 0.05) is 49.7 Å². The number of rotatable bonds is 2. The van der Waals surface area contributed by atoms with Gasteiger partial charge in [-0.3, -0.25) is 0 Å². The molecule has 0 unspecified atom stereocenters. The molecule has 0 radical (unpaired) electrons. The summed E-state index contributed by atoms with van der Waals surface area (Å²) < 4.78 is 0. The van der Waals surface area contributed by atoms with Crippen LogP contribution >= 0.6 is 23.5 Å². The molecule has 2 aliphatic rings. The van der Waals surface area contributed by atoms with Crippen molar-refractivity contribution >= 4 is 29.3 Å². The summed E-state index contributed by atoms with van der Waals surface area (Å²) in [6.45, 7) is 4.18. The number of nitrogens with one attached hydrogen (secondary N) is 1. The van der Waals surface area contributed by atoms with Gasteiger partial charge in [-0.05, 0) is 6.26 Å². The average molecular weight is 282 g/mol. The molecule has 18 heavy (non-hydrogen) atoms. The Labute approximate surface area is 116 Å². The lowest BCUT2D eigenvalue weighted by Gasteiger charge is -2.31. The van der Waals surface area contributed by atoms with Crippen LogP contribution in [0.4, 0.5) is 5.82 Å². The predicted octanol–water partition coefficient (Wildman–Crippen LogP) is 1.40. The highest BCUT2D eigenvalue weighted by atomic mass is 32.2. The number of hydrogen-bond donors (Lipinski definition) is 1. The van der Waals surface area contributed by atoms with Gasteiger partial charge in [-0.1, -0.05) is 11.8 Å². The first-order valence-electron chi connectivity index (χ1n) is 6.35. The maximum atomic E-state index is 4.76. The highest BCUT2D eigenvalue weighted by Crippen LogP contribution is 2.27. The maximum absolute atomic E-state index is 4.76. The summed E-state index contributed by atoms with van der Waals surface area (Å²) in [5, 5.41) is 4.36. The molecular weight excluding hydrogens is 264 g/mol. The Bertz CT molecular complexity index is 432. The minimum atomic E-state index is 0.920. The van der Waals surface area contributed by atoms with Crippen LogP contribution < -0.4 is 10.2 Å². The van der Waals surface area contributed by atoms with Crippen LogP contribution in [0.25, 0.3) is 0 Å². The van der Waals surface area contributed by atoms with Gasteiger partial charge < -0.3 is 10.2 Å². The Hall–Kier alpha value is -0.460. The number of aromatic nitrogens is 2. The molecule has 0 bridgehead atoms. The summed E-state index contributed by atoms with van der Waals surface area (Å²) >= 11 is 3.68. The largest absolute Gasteiger partial charge is 0.355 e. The van der Waals surface area contributed by atoms with E-state index in [0.717, 1.165) is 37.8 Å². The number of hydrogen-bond acceptors (Lipinski definition) is 6. The van der Waals surface area contributed by atoms with Gasteiger partial charge in [0.25, 0.3) is 0 Å². The molecule has 4 nitrogen and oxygen atoms in total. The Balaban J connectivity index is 1.99. The van der Waals surface area contributed by atoms with Gasteiger partial charge >= 0.3 is 0 Å². The quantitative estimate of drug-likeness (QED) is 0.653. The zero-order valence-electron chi connectivity index (χ0n) is 10.6. The molecule has 0 saturated carbocycles. The second kappa shape index (κ2) is 5.67. The number of anilines is 1. The van der Waals surface area contributed by atoms with Crippen molar-refractivity contribution in [2.75, 3.05) is 42.3 Å². The van der Waals surface area contributed by atoms with Gasteiger partial charge in [0.1, 0.15) is 5.82 Å². The van der Waals surface area contributed by atoms with Crippen molar-refractivity contribution in [3.05, 3.63) is 11.3 Å². The minimum Gasteiger partial charge on any atom is -0.355 e. The zero-order chi connectivity index (χ0) is 12.4. The summed E-state index contributed by atoms with van der Waals surface area (Å²) in [5.41, 5.74) is 2.58. The van der Waals surface area contributed by atoms with Crippen molar-refractivity contribution in [1.82, 2.24) is 15.3 Å². The summed E-state index contributed by atoms with van der Waals surface area (Å²) in [5.74, 6) is 3.60. The van der Waals surface area contributed by atoms with E-state index >= 15 is 0 Å². The Morgan fingerprint density at radius 3 is 2.89 bits per heavy atom.